The Morgan fingerprint density at radius 1 is 1.06 bits per heavy atom. The topological polar surface area (TPSA) is 81.7 Å². The number of hydrogen-bond acceptors (Lipinski definition) is 9. The van der Waals surface area contributed by atoms with E-state index in [1.807, 2.05) is 31.3 Å². The molecule has 10 heteroatoms. The van der Waals surface area contributed by atoms with Gasteiger partial charge in [0.25, 0.3) is 0 Å². The molecule has 0 spiro atoms. The van der Waals surface area contributed by atoms with Gasteiger partial charge in [0.05, 0.1) is 34.8 Å². The SMILES string of the molecule is COc1cc(N2CCN(C)CC2)c(C)cc1Nc1ncc(Br)c(Nc2ccncc2N(C)C)n1. The number of aryl methyl sites for hydroxylation is 1. The second-order valence-corrected chi connectivity index (χ2v) is 9.41. The molecule has 0 amide bonds. The Kier molecular flexibility index (Phi) is 7.38. The molecule has 0 radical (unpaired) electrons. The summed E-state index contributed by atoms with van der Waals surface area (Å²) in [6, 6.07) is 6.11. The Labute approximate surface area is 209 Å². The maximum Gasteiger partial charge on any atom is 0.229 e. The van der Waals surface area contributed by atoms with E-state index in [1.54, 1.807) is 19.5 Å². The highest BCUT2D eigenvalue weighted by Gasteiger charge is 2.19. The van der Waals surface area contributed by atoms with Crippen molar-refractivity contribution in [3.8, 4) is 5.75 Å². The van der Waals surface area contributed by atoms with Crippen LogP contribution in [0.3, 0.4) is 0 Å². The fourth-order valence-corrected chi connectivity index (χ4v) is 4.23. The lowest BCUT2D eigenvalue weighted by Crippen LogP contribution is -2.44. The fraction of sp³-hybridized carbons (Fsp3) is 0.375. The smallest absolute Gasteiger partial charge is 0.229 e. The van der Waals surface area contributed by atoms with Crippen molar-refractivity contribution < 1.29 is 4.74 Å². The van der Waals surface area contributed by atoms with Crippen LogP contribution in [0.2, 0.25) is 0 Å². The number of piperazine rings is 1. The van der Waals surface area contributed by atoms with Gasteiger partial charge < -0.3 is 30.1 Å². The minimum absolute atomic E-state index is 0.469. The summed E-state index contributed by atoms with van der Waals surface area (Å²) in [5.74, 6) is 1.87. The van der Waals surface area contributed by atoms with Gasteiger partial charge in [-0.2, -0.15) is 4.98 Å². The van der Waals surface area contributed by atoms with E-state index in [0.29, 0.717) is 11.8 Å². The third-order valence-electron chi connectivity index (χ3n) is 5.89. The van der Waals surface area contributed by atoms with Crippen molar-refractivity contribution in [2.75, 3.05) is 74.9 Å². The van der Waals surface area contributed by atoms with E-state index in [9.17, 15) is 0 Å². The van der Waals surface area contributed by atoms with Crippen molar-refractivity contribution in [1.82, 2.24) is 19.9 Å². The number of anilines is 6. The monoisotopic (exact) mass is 526 g/mol. The zero-order chi connectivity index (χ0) is 24.2. The van der Waals surface area contributed by atoms with E-state index in [2.05, 4.69) is 72.4 Å². The first-order valence-electron chi connectivity index (χ1n) is 11.2. The standard InChI is InChI=1S/C24H31BrN8O/c1-16-12-19(22(34-5)13-20(16)33-10-8-32(4)9-11-33)29-24-27-14-17(25)23(30-24)28-18-6-7-26-15-21(18)31(2)3/h6-7,12-15H,8-11H2,1-5H3,(H2,26,27,28,29,30). The first-order valence-corrected chi connectivity index (χ1v) is 11.9. The molecule has 3 heterocycles. The Bertz CT molecular complexity index is 1150. The Hall–Kier alpha value is -3.11. The number of benzene rings is 1. The average molecular weight is 527 g/mol. The second-order valence-electron chi connectivity index (χ2n) is 8.56. The quantitative estimate of drug-likeness (QED) is 0.469. The van der Waals surface area contributed by atoms with Gasteiger partial charge in [0.1, 0.15) is 11.6 Å². The molecule has 1 fully saturated rings. The van der Waals surface area contributed by atoms with Crippen LogP contribution >= 0.6 is 15.9 Å². The number of nitrogens with one attached hydrogen (secondary N) is 2. The lowest BCUT2D eigenvalue weighted by atomic mass is 10.1. The maximum absolute atomic E-state index is 5.72. The Morgan fingerprint density at radius 2 is 1.82 bits per heavy atom. The first kappa shape index (κ1) is 24.0. The van der Waals surface area contributed by atoms with Crippen molar-refractivity contribution in [2.45, 2.75) is 6.92 Å². The normalized spacial score (nSPS) is 14.1. The molecule has 4 rings (SSSR count). The number of ether oxygens (including phenoxy) is 1. The number of hydrogen-bond donors (Lipinski definition) is 2. The van der Waals surface area contributed by atoms with Gasteiger partial charge in [0.2, 0.25) is 5.95 Å². The molecular formula is C24H31BrN8O. The van der Waals surface area contributed by atoms with E-state index < -0.39 is 0 Å². The van der Waals surface area contributed by atoms with Gasteiger partial charge in [-0.3, -0.25) is 4.98 Å². The number of rotatable bonds is 7. The van der Waals surface area contributed by atoms with Gasteiger partial charge in [0.15, 0.2) is 0 Å². The van der Waals surface area contributed by atoms with Crippen LogP contribution in [-0.4, -0.2) is 74.3 Å². The molecule has 1 saturated heterocycles. The molecule has 2 N–H and O–H groups in total. The summed E-state index contributed by atoms with van der Waals surface area (Å²) < 4.78 is 6.48. The zero-order valence-corrected chi connectivity index (χ0v) is 21.8. The van der Waals surface area contributed by atoms with Crippen LogP contribution in [0.5, 0.6) is 5.75 Å². The van der Waals surface area contributed by atoms with Gasteiger partial charge in [-0.15, -0.1) is 0 Å². The van der Waals surface area contributed by atoms with Crippen molar-refractivity contribution in [3.63, 3.8) is 0 Å². The number of nitrogens with zero attached hydrogens (tertiary/aromatic N) is 6. The lowest BCUT2D eigenvalue weighted by molar-refractivity contribution is 0.312. The van der Waals surface area contributed by atoms with Crippen LogP contribution < -0.4 is 25.2 Å². The van der Waals surface area contributed by atoms with E-state index in [0.717, 1.165) is 53.5 Å². The van der Waals surface area contributed by atoms with Crippen LogP contribution in [0.4, 0.5) is 34.5 Å². The molecule has 1 aliphatic rings. The largest absolute Gasteiger partial charge is 0.494 e. The van der Waals surface area contributed by atoms with E-state index in [4.69, 9.17) is 9.72 Å². The molecule has 0 bridgehead atoms. The van der Waals surface area contributed by atoms with E-state index in [1.165, 1.54) is 11.3 Å². The maximum atomic E-state index is 5.72. The summed E-state index contributed by atoms with van der Waals surface area (Å²) >= 11 is 3.55. The number of pyridine rings is 1. The molecule has 3 aromatic rings. The summed E-state index contributed by atoms with van der Waals surface area (Å²) in [5, 5.41) is 6.72. The number of methoxy groups -OCH3 is 1. The highest BCUT2D eigenvalue weighted by molar-refractivity contribution is 9.10. The highest BCUT2D eigenvalue weighted by atomic mass is 79.9. The van der Waals surface area contributed by atoms with Gasteiger partial charge in [-0.05, 0) is 47.6 Å². The molecule has 34 heavy (non-hydrogen) atoms. The van der Waals surface area contributed by atoms with Crippen molar-refractivity contribution in [1.29, 1.82) is 0 Å². The van der Waals surface area contributed by atoms with Crippen LogP contribution in [0.25, 0.3) is 0 Å². The number of aromatic nitrogens is 3. The fourth-order valence-electron chi connectivity index (χ4n) is 3.94. The molecule has 2 aromatic heterocycles. The van der Waals surface area contributed by atoms with E-state index in [-0.39, 0.29) is 0 Å². The lowest BCUT2D eigenvalue weighted by Gasteiger charge is -2.35. The molecule has 1 aromatic carbocycles. The van der Waals surface area contributed by atoms with Crippen molar-refractivity contribution in [3.05, 3.63) is 46.8 Å². The van der Waals surface area contributed by atoms with Crippen molar-refractivity contribution in [2.24, 2.45) is 0 Å². The van der Waals surface area contributed by atoms with Crippen molar-refractivity contribution >= 4 is 50.4 Å². The van der Waals surface area contributed by atoms with E-state index >= 15 is 0 Å². The van der Waals surface area contributed by atoms with Gasteiger partial charge in [-0.1, -0.05) is 0 Å². The van der Waals surface area contributed by atoms with Crippen LogP contribution in [-0.2, 0) is 0 Å². The zero-order valence-electron chi connectivity index (χ0n) is 20.3. The van der Waals surface area contributed by atoms with Crippen LogP contribution in [0.1, 0.15) is 5.56 Å². The molecule has 1 aliphatic heterocycles. The van der Waals surface area contributed by atoms with Gasteiger partial charge in [0, 0.05) is 64.4 Å². The Morgan fingerprint density at radius 3 is 2.53 bits per heavy atom. The second kappa shape index (κ2) is 10.4. The predicted molar refractivity (Wildman–Crippen MR) is 142 cm³/mol. The molecule has 9 nitrogen and oxygen atoms in total. The molecule has 0 unspecified atom stereocenters. The summed E-state index contributed by atoms with van der Waals surface area (Å²) in [7, 11) is 7.80. The average Bonchev–Trinajstić information content (AvgIpc) is 2.82. The summed E-state index contributed by atoms with van der Waals surface area (Å²) in [5.41, 5.74) is 5.05. The van der Waals surface area contributed by atoms with Gasteiger partial charge >= 0.3 is 0 Å². The third kappa shape index (κ3) is 5.34. The highest BCUT2D eigenvalue weighted by Crippen LogP contribution is 2.36. The third-order valence-corrected chi connectivity index (χ3v) is 6.47. The molecule has 0 atom stereocenters. The molecule has 180 valence electrons. The summed E-state index contributed by atoms with van der Waals surface area (Å²) in [6.07, 6.45) is 5.29. The summed E-state index contributed by atoms with van der Waals surface area (Å²) in [6.45, 7) is 6.23. The first-order chi connectivity index (χ1) is 16.4. The predicted octanol–water partition coefficient (Wildman–Crippen LogP) is 4.26. The summed E-state index contributed by atoms with van der Waals surface area (Å²) in [4.78, 5) is 20.1. The minimum atomic E-state index is 0.469. The van der Waals surface area contributed by atoms with Crippen LogP contribution in [0.15, 0.2) is 41.3 Å². The molecule has 0 aliphatic carbocycles. The van der Waals surface area contributed by atoms with Crippen LogP contribution in [0, 0.1) is 6.92 Å². The number of likely N-dealkylation sites (N-methyl/N-ethyl adjacent to an activating group) is 1. The minimum Gasteiger partial charge on any atom is -0.494 e. The Balaban J connectivity index is 1.59. The molecular weight excluding hydrogens is 496 g/mol. The number of halogens is 1. The van der Waals surface area contributed by atoms with Gasteiger partial charge in [-0.25, -0.2) is 4.98 Å². The molecule has 0 saturated carbocycles.